The number of hydrogen-bond acceptors (Lipinski definition) is 5. The Balaban J connectivity index is 1.86. The number of benzene rings is 2. The zero-order valence-electron chi connectivity index (χ0n) is 17.7. The van der Waals surface area contributed by atoms with E-state index >= 15 is 0 Å². The first-order valence-corrected chi connectivity index (χ1v) is 9.87. The molecule has 0 aliphatic carbocycles. The molecule has 0 aliphatic heterocycles. The van der Waals surface area contributed by atoms with Crippen molar-refractivity contribution >= 4 is 23.5 Å². The van der Waals surface area contributed by atoms with Crippen molar-refractivity contribution in [1.82, 2.24) is 5.32 Å². The Kier molecular flexibility index (Phi) is 8.41. The molecule has 0 radical (unpaired) electrons. The van der Waals surface area contributed by atoms with Gasteiger partial charge in [-0.3, -0.25) is 14.4 Å². The van der Waals surface area contributed by atoms with Gasteiger partial charge < -0.3 is 20.1 Å². The number of rotatable bonds is 9. The van der Waals surface area contributed by atoms with Gasteiger partial charge in [-0.2, -0.15) is 0 Å². The second-order valence-electron chi connectivity index (χ2n) is 6.93. The van der Waals surface area contributed by atoms with Crippen LogP contribution in [0.15, 0.2) is 48.5 Å². The molecule has 7 nitrogen and oxygen atoms in total. The number of esters is 1. The highest BCUT2D eigenvalue weighted by Crippen LogP contribution is 2.26. The second kappa shape index (κ2) is 11.0. The smallest absolute Gasteiger partial charge is 0.326 e. The van der Waals surface area contributed by atoms with Gasteiger partial charge in [0.2, 0.25) is 0 Å². The van der Waals surface area contributed by atoms with Gasteiger partial charge in [0.15, 0.2) is 6.10 Å². The van der Waals surface area contributed by atoms with Crippen LogP contribution >= 0.6 is 0 Å². The Morgan fingerprint density at radius 3 is 2.30 bits per heavy atom. The van der Waals surface area contributed by atoms with Crippen LogP contribution in [-0.4, -0.2) is 37.5 Å². The van der Waals surface area contributed by atoms with Gasteiger partial charge >= 0.3 is 5.97 Å². The number of anilines is 1. The van der Waals surface area contributed by atoms with E-state index < -0.39 is 23.9 Å². The summed E-state index contributed by atoms with van der Waals surface area (Å²) >= 11 is 0. The highest BCUT2D eigenvalue weighted by molar-refractivity contribution is 5.97. The predicted molar refractivity (Wildman–Crippen MR) is 115 cm³/mol. The fourth-order valence-electron chi connectivity index (χ4n) is 2.78. The lowest BCUT2D eigenvalue weighted by molar-refractivity contribution is -0.152. The summed E-state index contributed by atoms with van der Waals surface area (Å²) in [6.07, 6.45) is -0.0638. The van der Waals surface area contributed by atoms with E-state index in [-0.39, 0.29) is 12.5 Å². The number of para-hydroxylation sites is 1. The highest BCUT2D eigenvalue weighted by Gasteiger charge is 2.20. The molecule has 30 heavy (non-hydrogen) atoms. The fourth-order valence-corrected chi connectivity index (χ4v) is 2.78. The molecule has 2 rings (SSSR count). The summed E-state index contributed by atoms with van der Waals surface area (Å²) in [4.78, 5) is 36.6. The minimum Gasteiger partial charge on any atom is -0.497 e. The molecule has 2 atom stereocenters. The number of carbonyl (C=O) groups excluding carboxylic acids is 3. The third-order valence-corrected chi connectivity index (χ3v) is 4.78. The van der Waals surface area contributed by atoms with Gasteiger partial charge in [-0.15, -0.1) is 0 Å². The number of methoxy groups -OCH3 is 1. The largest absolute Gasteiger partial charge is 0.497 e. The lowest BCUT2D eigenvalue weighted by Gasteiger charge is -2.18. The number of ether oxygens (including phenoxy) is 2. The lowest BCUT2D eigenvalue weighted by atomic mass is 9.97. The Morgan fingerprint density at radius 1 is 1.00 bits per heavy atom. The molecule has 0 saturated carbocycles. The topological polar surface area (TPSA) is 93.7 Å². The van der Waals surface area contributed by atoms with E-state index in [1.54, 1.807) is 24.3 Å². The van der Waals surface area contributed by atoms with E-state index in [1.165, 1.54) is 14.0 Å². The van der Waals surface area contributed by atoms with Crippen molar-refractivity contribution in [2.45, 2.75) is 39.2 Å². The number of carbonyl (C=O) groups is 3. The van der Waals surface area contributed by atoms with Crippen LogP contribution in [0.4, 0.5) is 5.69 Å². The van der Waals surface area contributed by atoms with Crippen LogP contribution in [-0.2, 0) is 14.3 Å². The zero-order chi connectivity index (χ0) is 22.1. The predicted octanol–water partition coefficient (Wildman–Crippen LogP) is 3.51. The van der Waals surface area contributed by atoms with Crippen LogP contribution in [0.2, 0.25) is 0 Å². The molecule has 0 aliphatic rings. The third kappa shape index (κ3) is 6.34. The normalized spacial score (nSPS) is 12.4. The third-order valence-electron chi connectivity index (χ3n) is 4.78. The molecule has 160 valence electrons. The summed E-state index contributed by atoms with van der Waals surface area (Å²) in [5.41, 5.74) is 2.11. The zero-order valence-corrected chi connectivity index (χ0v) is 17.7. The maximum absolute atomic E-state index is 12.4. The molecule has 0 aromatic heterocycles. The molecule has 2 N–H and O–H groups in total. The van der Waals surface area contributed by atoms with Crippen LogP contribution in [0, 0.1) is 0 Å². The van der Waals surface area contributed by atoms with E-state index in [9.17, 15) is 14.4 Å². The molecule has 0 bridgehead atoms. The van der Waals surface area contributed by atoms with Gasteiger partial charge in [-0.05, 0) is 55.2 Å². The van der Waals surface area contributed by atoms with E-state index in [0.717, 1.165) is 12.0 Å². The first-order chi connectivity index (χ1) is 14.3. The monoisotopic (exact) mass is 412 g/mol. The number of hydrogen-bond donors (Lipinski definition) is 2. The van der Waals surface area contributed by atoms with Crippen LogP contribution in [0.3, 0.4) is 0 Å². The maximum atomic E-state index is 12.4. The second-order valence-corrected chi connectivity index (χ2v) is 6.93. The van der Waals surface area contributed by atoms with Crippen LogP contribution < -0.4 is 15.4 Å². The molecule has 0 fully saturated rings. The van der Waals surface area contributed by atoms with E-state index in [0.29, 0.717) is 17.0 Å². The SMILES string of the molecule is CCC(C)c1ccccc1NC(=O)C(C)OC(=O)CNC(=O)c1ccc(OC)cc1. The minimum absolute atomic E-state index is 0.285. The highest BCUT2D eigenvalue weighted by atomic mass is 16.5. The molecule has 0 heterocycles. The van der Waals surface area contributed by atoms with Gasteiger partial charge in [-0.1, -0.05) is 32.0 Å². The van der Waals surface area contributed by atoms with Crippen molar-refractivity contribution in [3.05, 3.63) is 59.7 Å². The first kappa shape index (κ1) is 22.9. The minimum atomic E-state index is -1.000. The summed E-state index contributed by atoms with van der Waals surface area (Å²) in [6.45, 7) is 5.31. The van der Waals surface area contributed by atoms with E-state index in [2.05, 4.69) is 24.5 Å². The number of amides is 2. The quantitative estimate of drug-likeness (QED) is 0.615. The Hall–Kier alpha value is -3.35. The molecule has 2 aromatic rings. The number of nitrogens with one attached hydrogen (secondary N) is 2. The van der Waals surface area contributed by atoms with E-state index in [1.807, 2.05) is 24.3 Å². The summed E-state index contributed by atoms with van der Waals surface area (Å²) in [5, 5.41) is 5.29. The molecule has 2 unspecified atom stereocenters. The molecular formula is C23H28N2O5. The fraction of sp³-hybridized carbons (Fsp3) is 0.348. The maximum Gasteiger partial charge on any atom is 0.326 e. The average molecular weight is 412 g/mol. The van der Waals surface area contributed by atoms with Crippen molar-refractivity contribution in [2.75, 3.05) is 19.0 Å². The Bertz CT molecular complexity index is 879. The van der Waals surface area contributed by atoms with Crippen molar-refractivity contribution in [2.24, 2.45) is 0 Å². The molecule has 0 saturated heterocycles. The van der Waals surface area contributed by atoms with Crippen molar-refractivity contribution < 1.29 is 23.9 Å². The van der Waals surface area contributed by atoms with Gasteiger partial charge in [0, 0.05) is 11.3 Å². The van der Waals surface area contributed by atoms with Gasteiger partial charge in [0.1, 0.15) is 12.3 Å². The molecule has 7 heteroatoms. The molecule has 2 aromatic carbocycles. The van der Waals surface area contributed by atoms with E-state index in [4.69, 9.17) is 9.47 Å². The summed E-state index contributed by atoms with van der Waals surface area (Å²) in [7, 11) is 1.53. The molecule has 2 amide bonds. The van der Waals surface area contributed by atoms with Gasteiger partial charge in [-0.25, -0.2) is 0 Å². The first-order valence-electron chi connectivity index (χ1n) is 9.87. The lowest BCUT2D eigenvalue weighted by Crippen LogP contribution is -2.36. The summed E-state index contributed by atoms with van der Waals surface area (Å²) in [6, 6.07) is 14.0. The summed E-state index contributed by atoms with van der Waals surface area (Å²) < 4.78 is 10.2. The molecule has 0 spiro atoms. The standard InChI is InChI=1S/C23H28N2O5/c1-5-15(2)19-8-6-7-9-20(19)25-22(27)16(3)30-21(26)14-24-23(28)17-10-12-18(29-4)13-11-17/h6-13,15-16H,5,14H2,1-4H3,(H,24,28)(H,25,27). The van der Waals surface area contributed by atoms with Crippen LogP contribution in [0.25, 0.3) is 0 Å². The van der Waals surface area contributed by atoms with Crippen molar-refractivity contribution in [3.63, 3.8) is 0 Å². The van der Waals surface area contributed by atoms with Crippen LogP contribution in [0.5, 0.6) is 5.75 Å². The molecular weight excluding hydrogens is 384 g/mol. The average Bonchev–Trinajstić information content (AvgIpc) is 2.77. The van der Waals surface area contributed by atoms with Gasteiger partial charge in [0.05, 0.1) is 7.11 Å². The van der Waals surface area contributed by atoms with Crippen molar-refractivity contribution in [3.8, 4) is 5.75 Å². The van der Waals surface area contributed by atoms with Crippen LogP contribution in [0.1, 0.15) is 49.0 Å². The summed E-state index contributed by atoms with van der Waals surface area (Å²) in [5.74, 6) is -0.641. The Labute approximate surface area is 176 Å². The van der Waals surface area contributed by atoms with Gasteiger partial charge in [0.25, 0.3) is 11.8 Å². The Morgan fingerprint density at radius 2 is 1.67 bits per heavy atom. The van der Waals surface area contributed by atoms with Crippen molar-refractivity contribution in [1.29, 1.82) is 0 Å².